The molecule has 2 atom stereocenters. The van der Waals surface area contributed by atoms with Crippen molar-refractivity contribution in [2.24, 2.45) is 0 Å². The van der Waals surface area contributed by atoms with Gasteiger partial charge in [-0.2, -0.15) is 0 Å². The van der Waals surface area contributed by atoms with Crippen LogP contribution in [-0.2, 0) is 25.7 Å². The molecule has 1 rings (SSSR count). The lowest BCUT2D eigenvalue weighted by Gasteiger charge is -2.17. The Morgan fingerprint density at radius 2 is 1.74 bits per heavy atom. The van der Waals surface area contributed by atoms with E-state index in [1.807, 2.05) is 12.1 Å². The van der Waals surface area contributed by atoms with Crippen LogP contribution in [0.5, 0.6) is 5.75 Å². The number of rotatable bonds is 7. The number of carbonyl (C=O) groups excluding carboxylic acids is 3. The van der Waals surface area contributed by atoms with Gasteiger partial charge in [-0.25, -0.2) is 4.79 Å². The van der Waals surface area contributed by atoms with E-state index in [4.69, 9.17) is 9.47 Å². The molecule has 2 amide bonds. The first kappa shape index (κ1) is 18.5. The zero-order valence-electron chi connectivity index (χ0n) is 13.7. The second-order valence-corrected chi connectivity index (χ2v) is 5.07. The van der Waals surface area contributed by atoms with Gasteiger partial charge in [0.2, 0.25) is 5.91 Å². The molecule has 0 unspecified atom stereocenters. The van der Waals surface area contributed by atoms with Gasteiger partial charge in [0.15, 0.2) is 6.10 Å². The summed E-state index contributed by atoms with van der Waals surface area (Å²) in [4.78, 5) is 34.5. The van der Waals surface area contributed by atoms with Gasteiger partial charge in [0.25, 0.3) is 5.91 Å². The average Bonchev–Trinajstić information content (AvgIpc) is 2.52. The van der Waals surface area contributed by atoms with E-state index in [0.717, 1.165) is 11.3 Å². The second kappa shape index (κ2) is 8.77. The van der Waals surface area contributed by atoms with Gasteiger partial charge in [-0.05, 0) is 31.5 Å². The van der Waals surface area contributed by atoms with Crippen molar-refractivity contribution in [3.8, 4) is 5.75 Å². The highest BCUT2D eigenvalue weighted by Gasteiger charge is 2.22. The van der Waals surface area contributed by atoms with Gasteiger partial charge >= 0.3 is 5.97 Å². The molecule has 0 aromatic heterocycles. The maximum absolute atomic E-state index is 11.9. The molecular formula is C16H22N2O5. The lowest BCUT2D eigenvalue weighted by molar-refractivity contribution is -0.157. The molecule has 7 nitrogen and oxygen atoms in total. The van der Waals surface area contributed by atoms with Gasteiger partial charge in [0, 0.05) is 13.5 Å². The molecule has 2 N–H and O–H groups in total. The predicted octanol–water partition coefficient (Wildman–Crippen LogP) is 0.768. The first-order chi connectivity index (χ1) is 10.8. The van der Waals surface area contributed by atoms with Crippen molar-refractivity contribution in [3.63, 3.8) is 0 Å². The summed E-state index contributed by atoms with van der Waals surface area (Å²) in [6, 6.07) is 6.44. The molecule has 0 radical (unpaired) electrons. The Morgan fingerprint density at radius 3 is 2.26 bits per heavy atom. The van der Waals surface area contributed by atoms with Crippen molar-refractivity contribution in [1.29, 1.82) is 0 Å². The third-order valence-electron chi connectivity index (χ3n) is 3.06. The number of amides is 2. The minimum absolute atomic E-state index is 0.311. The summed E-state index contributed by atoms with van der Waals surface area (Å²) < 4.78 is 10.1. The fraction of sp³-hybridized carbons (Fsp3) is 0.438. The first-order valence-corrected chi connectivity index (χ1v) is 7.21. The number of nitrogens with one attached hydrogen (secondary N) is 2. The monoisotopic (exact) mass is 322 g/mol. The molecule has 0 aliphatic carbocycles. The Bertz CT molecular complexity index is 556. The lowest BCUT2D eigenvalue weighted by Crippen LogP contribution is -2.42. The minimum atomic E-state index is -0.947. The normalized spacial score (nSPS) is 12.7. The summed E-state index contributed by atoms with van der Waals surface area (Å²) >= 11 is 0. The van der Waals surface area contributed by atoms with E-state index in [-0.39, 0.29) is 5.91 Å². The fourth-order valence-electron chi connectivity index (χ4n) is 1.77. The van der Waals surface area contributed by atoms with Crippen LogP contribution in [0.1, 0.15) is 26.3 Å². The molecule has 126 valence electrons. The standard InChI is InChI=1S/C16H22N2O5/c1-10(18-12(3)19)16(21)23-11(2)15(20)17-9-13-5-7-14(22-4)8-6-13/h5-8,10-11H,9H2,1-4H3,(H,17,20)(H,18,19)/t10-,11+/m1/s1. The van der Waals surface area contributed by atoms with Crippen LogP contribution in [-0.4, -0.2) is 37.0 Å². The molecule has 0 heterocycles. The Balaban J connectivity index is 2.43. The van der Waals surface area contributed by atoms with Crippen LogP contribution in [0.3, 0.4) is 0 Å². The molecule has 0 bridgehead atoms. The van der Waals surface area contributed by atoms with E-state index in [2.05, 4.69) is 10.6 Å². The Morgan fingerprint density at radius 1 is 1.13 bits per heavy atom. The highest BCUT2D eigenvalue weighted by Crippen LogP contribution is 2.11. The van der Waals surface area contributed by atoms with Crippen LogP contribution in [0.25, 0.3) is 0 Å². The number of hydrogen-bond acceptors (Lipinski definition) is 5. The van der Waals surface area contributed by atoms with Crippen molar-refractivity contribution in [2.45, 2.75) is 39.5 Å². The summed E-state index contributed by atoms with van der Waals surface area (Å²) in [6.07, 6.45) is -0.947. The SMILES string of the molecule is COc1ccc(CNC(=O)[C@H](C)OC(=O)[C@@H](C)NC(C)=O)cc1. The number of ether oxygens (including phenoxy) is 2. The molecule has 7 heteroatoms. The van der Waals surface area contributed by atoms with Crippen molar-refractivity contribution in [3.05, 3.63) is 29.8 Å². The first-order valence-electron chi connectivity index (χ1n) is 7.21. The van der Waals surface area contributed by atoms with Gasteiger partial charge in [-0.1, -0.05) is 12.1 Å². The Kier molecular flexibility index (Phi) is 7.05. The smallest absolute Gasteiger partial charge is 0.329 e. The number of methoxy groups -OCH3 is 1. The van der Waals surface area contributed by atoms with Gasteiger partial charge in [0.1, 0.15) is 11.8 Å². The largest absolute Gasteiger partial charge is 0.497 e. The lowest BCUT2D eigenvalue weighted by atomic mass is 10.2. The number of esters is 1. The van der Waals surface area contributed by atoms with Crippen LogP contribution >= 0.6 is 0 Å². The quantitative estimate of drug-likeness (QED) is 0.723. The van der Waals surface area contributed by atoms with Crippen molar-refractivity contribution in [1.82, 2.24) is 10.6 Å². The van der Waals surface area contributed by atoms with Gasteiger partial charge in [-0.3, -0.25) is 9.59 Å². The topological polar surface area (TPSA) is 93.7 Å². The summed E-state index contributed by atoms with van der Waals surface area (Å²) in [5, 5.41) is 5.08. The van der Waals surface area contributed by atoms with Crippen molar-refractivity contribution >= 4 is 17.8 Å². The molecule has 1 aromatic rings. The molecule has 0 saturated heterocycles. The number of hydrogen-bond donors (Lipinski definition) is 2. The molecule has 0 saturated carbocycles. The van der Waals surface area contributed by atoms with E-state index >= 15 is 0 Å². The van der Waals surface area contributed by atoms with Crippen LogP contribution < -0.4 is 15.4 Å². The van der Waals surface area contributed by atoms with E-state index in [1.54, 1.807) is 19.2 Å². The highest BCUT2D eigenvalue weighted by atomic mass is 16.5. The summed E-state index contributed by atoms with van der Waals surface area (Å²) in [7, 11) is 1.58. The Labute approximate surface area is 135 Å². The molecule has 0 spiro atoms. The minimum Gasteiger partial charge on any atom is -0.497 e. The zero-order valence-corrected chi connectivity index (χ0v) is 13.7. The van der Waals surface area contributed by atoms with Crippen LogP contribution in [0.2, 0.25) is 0 Å². The number of carbonyl (C=O) groups is 3. The van der Waals surface area contributed by atoms with Crippen molar-refractivity contribution < 1.29 is 23.9 Å². The molecule has 1 aromatic carbocycles. The molecule has 0 aliphatic heterocycles. The number of benzene rings is 1. The molecule has 0 aliphatic rings. The van der Waals surface area contributed by atoms with Crippen LogP contribution in [0.4, 0.5) is 0 Å². The van der Waals surface area contributed by atoms with E-state index < -0.39 is 24.0 Å². The van der Waals surface area contributed by atoms with Gasteiger partial charge in [-0.15, -0.1) is 0 Å². The van der Waals surface area contributed by atoms with E-state index in [9.17, 15) is 14.4 Å². The summed E-state index contributed by atoms with van der Waals surface area (Å²) in [6.45, 7) is 4.58. The molecule has 23 heavy (non-hydrogen) atoms. The molecular weight excluding hydrogens is 300 g/mol. The highest BCUT2D eigenvalue weighted by molar-refractivity contribution is 5.86. The third-order valence-corrected chi connectivity index (χ3v) is 3.06. The van der Waals surface area contributed by atoms with Gasteiger partial charge in [0.05, 0.1) is 7.11 Å². The summed E-state index contributed by atoms with van der Waals surface area (Å²) in [5.41, 5.74) is 0.893. The maximum Gasteiger partial charge on any atom is 0.329 e. The maximum atomic E-state index is 11.9. The summed E-state index contributed by atoms with van der Waals surface area (Å²) in [5.74, 6) is -0.683. The van der Waals surface area contributed by atoms with Gasteiger partial charge < -0.3 is 20.1 Å². The van der Waals surface area contributed by atoms with E-state index in [0.29, 0.717) is 6.54 Å². The third kappa shape index (κ3) is 6.37. The zero-order chi connectivity index (χ0) is 17.4. The fourth-order valence-corrected chi connectivity index (χ4v) is 1.77. The predicted molar refractivity (Wildman–Crippen MR) is 83.7 cm³/mol. The van der Waals surface area contributed by atoms with Crippen LogP contribution in [0.15, 0.2) is 24.3 Å². The molecule has 0 fully saturated rings. The van der Waals surface area contributed by atoms with Crippen molar-refractivity contribution in [2.75, 3.05) is 7.11 Å². The van der Waals surface area contributed by atoms with E-state index in [1.165, 1.54) is 20.8 Å². The second-order valence-electron chi connectivity index (χ2n) is 5.07. The Hall–Kier alpha value is -2.57. The van der Waals surface area contributed by atoms with Crippen LogP contribution in [0, 0.1) is 0 Å². The average molecular weight is 322 g/mol.